The first-order valence-electron chi connectivity index (χ1n) is 8.68. The number of fused-ring (bicyclic) bond motifs is 3. The summed E-state index contributed by atoms with van der Waals surface area (Å²) in [4.78, 5) is 22.1. The van der Waals surface area contributed by atoms with E-state index in [0.29, 0.717) is 11.9 Å². The molecule has 0 radical (unpaired) electrons. The number of hydrogen-bond donors (Lipinski definition) is 1. The molecular formula is C18H21N5O. The molecule has 6 rings (SSSR count). The molecule has 1 aromatic heterocycles. The lowest BCUT2D eigenvalue weighted by molar-refractivity contribution is -0.150. The van der Waals surface area contributed by atoms with Crippen LogP contribution >= 0.6 is 0 Å². The summed E-state index contributed by atoms with van der Waals surface area (Å²) in [5, 5.41) is 1.04. The lowest BCUT2D eigenvalue weighted by Crippen LogP contribution is -2.59. The molecule has 1 spiro atoms. The van der Waals surface area contributed by atoms with E-state index < -0.39 is 0 Å². The van der Waals surface area contributed by atoms with Gasteiger partial charge in [0, 0.05) is 24.5 Å². The van der Waals surface area contributed by atoms with Gasteiger partial charge in [-0.25, -0.2) is 9.97 Å². The molecule has 6 nitrogen and oxygen atoms in total. The number of amidine groups is 1. The molecule has 4 aliphatic heterocycles. The number of aryl methyl sites for hydroxylation is 1. The number of hydrogen-bond acceptors (Lipinski definition) is 5. The minimum absolute atomic E-state index is 0.108. The maximum atomic E-state index is 6.03. The number of aliphatic imine (C=N–C) groups is 1. The fourth-order valence-corrected chi connectivity index (χ4v) is 4.34. The molecule has 1 atom stereocenters. The smallest absolute Gasteiger partial charge is 0.251 e. The number of nitrogens with one attached hydrogen (secondary N) is 1. The molecule has 0 aliphatic carbocycles. The van der Waals surface area contributed by atoms with Gasteiger partial charge >= 0.3 is 0 Å². The van der Waals surface area contributed by atoms with Crippen molar-refractivity contribution >= 4 is 22.7 Å². The Morgan fingerprint density at radius 1 is 1.33 bits per heavy atom. The summed E-state index contributed by atoms with van der Waals surface area (Å²) in [6.45, 7) is 5.48. The van der Waals surface area contributed by atoms with E-state index in [1.807, 2.05) is 12.3 Å². The van der Waals surface area contributed by atoms with Crippen molar-refractivity contribution in [1.82, 2.24) is 20.3 Å². The van der Waals surface area contributed by atoms with Gasteiger partial charge in [-0.05, 0) is 50.9 Å². The Morgan fingerprint density at radius 3 is 3.00 bits per heavy atom. The van der Waals surface area contributed by atoms with Crippen molar-refractivity contribution in [2.24, 2.45) is 10.9 Å². The van der Waals surface area contributed by atoms with E-state index in [4.69, 9.17) is 4.84 Å². The predicted molar refractivity (Wildman–Crippen MR) is 92.1 cm³/mol. The summed E-state index contributed by atoms with van der Waals surface area (Å²) < 4.78 is 0. The van der Waals surface area contributed by atoms with Crippen LogP contribution in [0.15, 0.2) is 29.4 Å². The quantitative estimate of drug-likeness (QED) is 0.873. The highest BCUT2D eigenvalue weighted by Gasteiger charge is 2.52. The van der Waals surface area contributed by atoms with E-state index in [-0.39, 0.29) is 5.60 Å². The maximum Gasteiger partial charge on any atom is 0.251 e. The minimum Gasteiger partial charge on any atom is -0.300 e. The molecule has 124 valence electrons. The van der Waals surface area contributed by atoms with Gasteiger partial charge in [0.1, 0.15) is 11.4 Å². The molecule has 0 unspecified atom stereocenters. The third kappa shape index (κ3) is 2.29. The van der Waals surface area contributed by atoms with E-state index in [1.165, 1.54) is 31.5 Å². The Morgan fingerprint density at radius 2 is 2.21 bits per heavy atom. The molecule has 5 heterocycles. The normalized spacial score (nSPS) is 33.5. The molecule has 4 saturated heterocycles. The zero-order chi connectivity index (χ0) is 16.1. The number of piperidine rings is 3. The molecule has 0 saturated carbocycles. The summed E-state index contributed by atoms with van der Waals surface area (Å²) >= 11 is 0. The van der Waals surface area contributed by atoms with Gasteiger partial charge < -0.3 is 4.90 Å². The lowest BCUT2D eigenvalue weighted by Gasteiger charge is -2.49. The van der Waals surface area contributed by atoms with Crippen LogP contribution < -0.4 is 5.48 Å². The van der Waals surface area contributed by atoms with Gasteiger partial charge in [-0.3, -0.25) is 10.3 Å². The molecule has 1 N–H and O–H groups in total. The summed E-state index contributed by atoms with van der Waals surface area (Å²) in [5.74, 6) is 1.97. The summed E-state index contributed by atoms with van der Waals surface area (Å²) in [6, 6.07) is 6.17. The van der Waals surface area contributed by atoms with Crippen molar-refractivity contribution in [3.8, 4) is 0 Å². The summed E-state index contributed by atoms with van der Waals surface area (Å²) in [5.41, 5.74) is 5.07. The van der Waals surface area contributed by atoms with Crippen LogP contribution in [0.25, 0.3) is 10.9 Å². The van der Waals surface area contributed by atoms with Gasteiger partial charge in [-0.15, -0.1) is 0 Å². The van der Waals surface area contributed by atoms with E-state index in [0.717, 1.165) is 29.7 Å². The summed E-state index contributed by atoms with van der Waals surface area (Å²) in [6.07, 6.45) is 5.11. The third-order valence-corrected chi connectivity index (χ3v) is 5.62. The summed E-state index contributed by atoms with van der Waals surface area (Å²) in [7, 11) is 0. The first-order chi connectivity index (χ1) is 11.7. The van der Waals surface area contributed by atoms with Crippen molar-refractivity contribution in [2.45, 2.75) is 31.8 Å². The van der Waals surface area contributed by atoms with E-state index >= 15 is 0 Å². The topological polar surface area (TPSA) is 62.6 Å². The Hall–Kier alpha value is -2.05. The number of rotatable bonds is 1. The Kier molecular flexibility index (Phi) is 3.11. The average Bonchev–Trinajstić information content (AvgIpc) is 2.98. The average molecular weight is 323 g/mol. The van der Waals surface area contributed by atoms with Crippen molar-refractivity contribution in [1.29, 1.82) is 0 Å². The lowest BCUT2D eigenvalue weighted by atomic mass is 9.74. The molecule has 1 aromatic carbocycles. The monoisotopic (exact) mass is 323 g/mol. The van der Waals surface area contributed by atoms with Gasteiger partial charge in [0.25, 0.3) is 5.95 Å². The number of nitrogens with zero attached hydrogens (tertiary/aromatic N) is 4. The zero-order valence-electron chi connectivity index (χ0n) is 13.8. The molecule has 24 heavy (non-hydrogen) atoms. The Labute approximate surface area is 140 Å². The van der Waals surface area contributed by atoms with Gasteiger partial charge in [-0.2, -0.15) is 4.99 Å². The second-order valence-corrected chi connectivity index (χ2v) is 7.29. The van der Waals surface area contributed by atoms with Gasteiger partial charge in [0.2, 0.25) is 0 Å². The van der Waals surface area contributed by atoms with Gasteiger partial charge in [-0.1, -0.05) is 11.6 Å². The van der Waals surface area contributed by atoms with Crippen LogP contribution in [0.4, 0.5) is 5.95 Å². The van der Waals surface area contributed by atoms with E-state index in [2.05, 4.69) is 44.4 Å². The molecule has 0 amide bonds. The van der Waals surface area contributed by atoms with Crippen LogP contribution in [0.5, 0.6) is 0 Å². The van der Waals surface area contributed by atoms with Crippen LogP contribution in [0, 0.1) is 12.8 Å². The first kappa shape index (κ1) is 14.3. The van der Waals surface area contributed by atoms with Crippen molar-refractivity contribution in [2.75, 3.05) is 19.6 Å². The molecular weight excluding hydrogens is 302 g/mol. The van der Waals surface area contributed by atoms with E-state index in [1.54, 1.807) is 0 Å². The highest BCUT2D eigenvalue weighted by Crippen LogP contribution is 2.42. The molecule has 4 aliphatic rings. The second-order valence-electron chi connectivity index (χ2n) is 7.29. The fourth-order valence-electron chi connectivity index (χ4n) is 4.34. The fraction of sp³-hybridized carbons (Fsp3) is 0.500. The second kappa shape index (κ2) is 5.22. The molecule has 6 heteroatoms. The largest absolute Gasteiger partial charge is 0.300 e. The molecule has 2 bridgehead atoms. The first-order valence-corrected chi connectivity index (χ1v) is 8.68. The van der Waals surface area contributed by atoms with Crippen molar-refractivity contribution in [3.05, 3.63) is 30.0 Å². The Balaban J connectivity index is 1.42. The van der Waals surface area contributed by atoms with Crippen LogP contribution in [0.2, 0.25) is 0 Å². The van der Waals surface area contributed by atoms with Gasteiger partial charge in [0.05, 0.1) is 5.52 Å². The highest BCUT2D eigenvalue weighted by atomic mass is 16.7. The SMILES string of the molecule is Cc1ccc2nc(N=C3C[C@@]4(CN5CCC4CC5)ON3)ncc2c1. The maximum absolute atomic E-state index is 6.03. The van der Waals surface area contributed by atoms with E-state index in [9.17, 15) is 0 Å². The predicted octanol–water partition coefficient (Wildman–Crippen LogP) is 2.36. The van der Waals surface area contributed by atoms with Crippen molar-refractivity contribution in [3.63, 3.8) is 0 Å². The molecule has 4 fully saturated rings. The number of benzene rings is 1. The zero-order valence-corrected chi connectivity index (χ0v) is 13.8. The Bertz CT molecular complexity index is 827. The molecule has 2 aromatic rings. The van der Waals surface area contributed by atoms with Crippen molar-refractivity contribution < 1.29 is 4.84 Å². The van der Waals surface area contributed by atoms with Crippen LogP contribution in [-0.2, 0) is 4.84 Å². The number of aromatic nitrogens is 2. The third-order valence-electron chi connectivity index (χ3n) is 5.62. The standard InChI is InChI=1S/C18H21N5O/c1-12-2-3-15-13(8-12)10-19-17(20-15)21-16-9-18(24-22-16)11-23-6-4-14(18)5-7-23/h2-3,8,10,14H,4-7,9,11H2,1H3,(H,19,20,21,22)/t18-/m0/s1. The number of hydroxylamine groups is 1. The minimum atomic E-state index is -0.108. The van der Waals surface area contributed by atoms with Crippen LogP contribution in [0.1, 0.15) is 24.8 Å². The van der Waals surface area contributed by atoms with Crippen LogP contribution in [-0.4, -0.2) is 45.9 Å². The van der Waals surface area contributed by atoms with Gasteiger partial charge in [0.15, 0.2) is 0 Å². The highest BCUT2D eigenvalue weighted by molar-refractivity contribution is 5.86. The van der Waals surface area contributed by atoms with Crippen LogP contribution in [0.3, 0.4) is 0 Å².